The molecule has 0 saturated carbocycles. The van der Waals surface area contributed by atoms with E-state index in [1.807, 2.05) is 6.07 Å². The zero-order valence-electron chi connectivity index (χ0n) is 20.0. The lowest BCUT2D eigenvalue weighted by Gasteiger charge is -2.45. The molecule has 1 amide bonds. The standard InChI is InChI=1S/C26H36N6O/c1-4-5-12-23(32-16(2)8-6-9-17(32)3)18-10-7-11-21-19(18)15-20(26(33)31-21)25-29-14-13-22(30-25)24(27)28/h7,10-11,13-14,16-17,20,23H,4-6,8-9,12,15H2,1-3H3,(H3,27,28)(H,31,33). The fourth-order valence-electron chi connectivity index (χ4n) is 5.60. The molecule has 2 aliphatic heterocycles. The summed E-state index contributed by atoms with van der Waals surface area (Å²) in [6, 6.07) is 9.32. The van der Waals surface area contributed by atoms with E-state index < -0.39 is 5.92 Å². The van der Waals surface area contributed by atoms with Gasteiger partial charge in [-0.05, 0) is 62.8 Å². The first-order valence-electron chi connectivity index (χ1n) is 12.3. The normalized spacial score (nSPS) is 24.1. The summed E-state index contributed by atoms with van der Waals surface area (Å²) < 4.78 is 0. The van der Waals surface area contributed by atoms with E-state index in [1.165, 1.54) is 36.8 Å². The third-order valence-corrected chi connectivity index (χ3v) is 7.27. The second-order valence-electron chi connectivity index (χ2n) is 9.57. The lowest BCUT2D eigenvalue weighted by Crippen LogP contribution is -2.46. The average Bonchev–Trinajstić information content (AvgIpc) is 2.80. The molecule has 1 aromatic carbocycles. The monoisotopic (exact) mass is 448 g/mol. The SMILES string of the molecule is CCCCC(c1cccc2c1CC(c1nccc(C(=N)N)n1)C(=O)N2)N1C(C)CCCC1C. The molecule has 4 unspecified atom stereocenters. The number of fused-ring (bicyclic) bond motifs is 1. The van der Waals surface area contributed by atoms with E-state index in [9.17, 15) is 4.79 Å². The molecular formula is C26H36N6O. The topological polar surface area (TPSA) is 108 Å². The van der Waals surface area contributed by atoms with Crippen LogP contribution in [0, 0.1) is 5.41 Å². The molecule has 33 heavy (non-hydrogen) atoms. The molecular weight excluding hydrogens is 412 g/mol. The summed E-state index contributed by atoms with van der Waals surface area (Å²) in [6.07, 6.45) is 9.31. The lowest BCUT2D eigenvalue weighted by atomic mass is 9.83. The Morgan fingerprint density at radius 3 is 2.73 bits per heavy atom. The van der Waals surface area contributed by atoms with Gasteiger partial charge in [0.05, 0.1) is 0 Å². The lowest BCUT2D eigenvalue weighted by molar-refractivity contribution is -0.118. The van der Waals surface area contributed by atoms with Crippen LogP contribution in [0.25, 0.3) is 0 Å². The number of aromatic nitrogens is 2. The van der Waals surface area contributed by atoms with E-state index in [0.717, 1.165) is 18.5 Å². The average molecular weight is 449 g/mol. The maximum Gasteiger partial charge on any atom is 0.235 e. The van der Waals surface area contributed by atoms with Gasteiger partial charge in [-0.15, -0.1) is 0 Å². The molecule has 2 aromatic rings. The molecule has 7 heteroatoms. The van der Waals surface area contributed by atoms with Gasteiger partial charge in [-0.1, -0.05) is 38.3 Å². The molecule has 3 heterocycles. The van der Waals surface area contributed by atoms with Gasteiger partial charge in [0, 0.05) is 30.0 Å². The Balaban J connectivity index is 1.73. The molecule has 1 saturated heterocycles. The molecule has 1 fully saturated rings. The molecule has 0 radical (unpaired) electrons. The summed E-state index contributed by atoms with van der Waals surface area (Å²) in [6.45, 7) is 6.96. The summed E-state index contributed by atoms with van der Waals surface area (Å²) in [4.78, 5) is 24.5. The van der Waals surface area contributed by atoms with Crippen molar-refractivity contribution >= 4 is 17.4 Å². The van der Waals surface area contributed by atoms with Crippen molar-refractivity contribution in [3.8, 4) is 0 Å². The Kier molecular flexibility index (Phi) is 7.08. The molecule has 176 valence electrons. The van der Waals surface area contributed by atoms with E-state index in [-0.39, 0.29) is 11.7 Å². The van der Waals surface area contributed by atoms with Crippen LogP contribution in [0.2, 0.25) is 0 Å². The summed E-state index contributed by atoms with van der Waals surface area (Å²) in [5.41, 5.74) is 9.38. The number of nitrogens with two attached hydrogens (primary N) is 1. The highest BCUT2D eigenvalue weighted by molar-refractivity contribution is 5.99. The number of carbonyl (C=O) groups excluding carboxylic acids is 1. The number of hydrogen-bond acceptors (Lipinski definition) is 5. The van der Waals surface area contributed by atoms with E-state index >= 15 is 0 Å². The molecule has 1 aromatic heterocycles. The van der Waals surface area contributed by atoms with Gasteiger partial charge < -0.3 is 11.1 Å². The van der Waals surface area contributed by atoms with Crippen LogP contribution < -0.4 is 11.1 Å². The highest BCUT2D eigenvalue weighted by atomic mass is 16.2. The van der Waals surface area contributed by atoms with Crippen molar-refractivity contribution in [1.82, 2.24) is 14.9 Å². The first kappa shape index (κ1) is 23.4. The van der Waals surface area contributed by atoms with E-state index in [2.05, 4.69) is 53.1 Å². The van der Waals surface area contributed by atoms with Crippen LogP contribution in [0.15, 0.2) is 30.5 Å². The minimum atomic E-state index is -0.499. The highest BCUT2D eigenvalue weighted by Crippen LogP contribution is 2.41. The fraction of sp³-hybridized carbons (Fsp3) is 0.538. The Bertz CT molecular complexity index is 1010. The van der Waals surface area contributed by atoms with E-state index in [1.54, 1.807) is 12.3 Å². The van der Waals surface area contributed by atoms with Gasteiger partial charge in [-0.3, -0.25) is 15.1 Å². The van der Waals surface area contributed by atoms with Crippen LogP contribution in [0.5, 0.6) is 0 Å². The predicted molar refractivity (Wildman–Crippen MR) is 131 cm³/mol. The number of carbonyl (C=O) groups is 1. The van der Waals surface area contributed by atoms with Gasteiger partial charge in [0.2, 0.25) is 5.91 Å². The van der Waals surface area contributed by atoms with E-state index in [4.69, 9.17) is 11.1 Å². The number of amides is 1. The summed E-state index contributed by atoms with van der Waals surface area (Å²) in [5, 5.41) is 10.8. The van der Waals surface area contributed by atoms with Gasteiger partial charge in [-0.25, -0.2) is 9.97 Å². The third kappa shape index (κ3) is 4.78. The Morgan fingerprint density at radius 2 is 2.03 bits per heavy atom. The Morgan fingerprint density at radius 1 is 1.27 bits per heavy atom. The van der Waals surface area contributed by atoms with Gasteiger partial charge in [0.1, 0.15) is 23.3 Å². The van der Waals surface area contributed by atoms with Crippen molar-refractivity contribution in [2.75, 3.05) is 5.32 Å². The van der Waals surface area contributed by atoms with Gasteiger partial charge in [0.15, 0.2) is 0 Å². The minimum absolute atomic E-state index is 0.106. The number of amidine groups is 1. The number of benzene rings is 1. The minimum Gasteiger partial charge on any atom is -0.382 e. The number of anilines is 1. The number of nitrogens with one attached hydrogen (secondary N) is 2. The number of piperidine rings is 1. The van der Waals surface area contributed by atoms with Crippen LogP contribution in [-0.4, -0.2) is 38.7 Å². The van der Waals surface area contributed by atoms with Crippen molar-refractivity contribution in [1.29, 1.82) is 5.41 Å². The molecule has 4 N–H and O–H groups in total. The molecule has 7 nitrogen and oxygen atoms in total. The van der Waals surface area contributed by atoms with Crippen molar-refractivity contribution in [2.24, 2.45) is 5.73 Å². The zero-order valence-corrected chi connectivity index (χ0v) is 20.0. The van der Waals surface area contributed by atoms with Crippen LogP contribution in [0.4, 0.5) is 5.69 Å². The number of rotatable bonds is 7. The summed E-state index contributed by atoms with van der Waals surface area (Å²) in [7, 11) is 0. The maximum absolute atomic E-state index is 13.0. The van der Waals surface area contributed by atoms with Crippen molar-refractivity contribution < 1.29 is 4.79 Å². The molecule has 0 bridgehead atoms. The quantitative estimate of drug-likeness (QED) is 0.426. The molecule has 4 rings (SSSR count). The smallest absolute Gasteiger partial charge is 0.235 e. The number of nitrogen functional groups attached to an aromatic ring is 1. The van der Waals surface area contributed by atoms with Crippen LogP contribution >= 0.6 is 0 Å². The first-order valence-corrected chi connectivity index (χ1v) is 12.3. The summed E-state index contributed by atoms with van der Waals surface area (Å²) >= 11 is 0. The van der Waals surface area contributed by atoms with E-state index in [0.29, 0.717) is 36.1 Å². The largest absolute Gasteiger partial charge is 0.382 e. The third-order valence-electron chi connectivity index (χ3n) is 7.27. The van der Waals surface area contributed by atoms with Crippen molar-refractivity contribution in [3.63, 3.8) is 0 Å². The second kappa shape index (κ2) is 10.00. The number of unbranched alkanes of at least 4 members (excludes halogenated alkanes) is 1. The molecule has 2 aliphatic rings. The first-order chi connectivity index (χ1) is 15.9. The maximum atomic E-state index is 13.0. The van der Waals surface area contributed by atoms with Crippen molar-refractivity contribution in [2.45, 2.75) is 89.8 Å². The van der Waals surface area contributed by atoms with Crippen LogP contribution in [0.1, 0.15) is 93.9 Å². The predicted octanol–water partition coefficient (Wildman–Crippen LogP) is 4.53. The fourth-order valence-corrected chi connectivity index (χ4v) is 5.60. The van der Waals surface area contributed by atoms with Gasteiger partial charge in [-0.2, -0.15) is 0 Å². The number of nitrogens with zero attached hydrogens (tertiary/aromatic N) is 3. The Labute approximate surface area is 196 Å². The molecule has 0 spiro atoms. The molecule has 4 atom stereocenters. The Hall–Kier alpha value is -2.80. The summed E-state index contributed by atoms with van der Waals surface area (Å²) in [5.74, 6) is -0.305. The molecule has 0 aliphatic carbocycles. The number of hydrogen-bond donors (Lipinski definition) is 3. The second-order valence-corrected chi connectivity index (χ2v) is 9.57. The number of likely N-dealkylation sites (tertiary alicyclic amines) is 1. The van der Waals surface area contributed by atoms with Crippen LogP contribution in [-0.2, 0) is 11.2 Å². The van der Waals surface area contributed by atoms with Crippen molar-refractivity contribution in [3.05, 3.63) is 53.1 Å². The zero-order chi connectivity index (χ0) is 23.5. The van der Waals surface area contributed by atoms with Crippen LogP contribution in [0.3, 0.4) is 0 Å². The highest BCUT2D eigenvalue weighted by Gasteiger charge is 2.36. The van der Waals surface area contributed by atoms with Gasteiger partial charge >= 0.3 is 0 Å². The van der Waals surface area contributed by atoms with Gasteiger partial charge in [0.25, 0.3) is 0 Å².